The molecule has 9 heteroatoms. The Balaban J connectivity index is 1.58. The molecule has 0 unspecified atom stereocenters. The molecule has 0 radical (unpaired) electrons. The summed E-state index contributed by atoms with van der Waals surface area (Å²) in [6.07, 6.45) is 0. The third kappa shape index (κ3) is 5.37. The van der Waals surface area contributed by atoms with E-state index in [-0.39, 0.29) is 18.1 Å². The predicted molar refractivity (Wildman–Crippen MR) is 159 cm³/mol. The van der Waals surface area contributed by atoms with Gasteiger partial charge in [-0.25, -0.2) is 8.78 Å². The average Bonchev–Trinajstić information content (AvgIpc) is 2.96. The highest BCUT2D eigenvalue weighted by atomic mass is 19.1. The molecule has 2 amide bonds. The molecule has 42 heavy (non-hydrogen) atoms. The molecule has 0 atom stereocenters. The number of ether oxygens (including phenoxy) is 2. The summed E-state index contributed by atoms with van der Waals surface area (Å²) in [5.74, 6) is -0.950. The second kappa shape index (κ2) is 11.2. The predicted octanol–water partition coefficient (Wildman–Crippen LogP) is 6.95. The topological polar surface area (TPSA) is 79.9 Å². The molecule has 0 saturated carbocycles. The number of anilines is 3. The highest BCUT2D eigenvalue weighted by Crippen LogP contribution is 2.45. The Hall–Kier alpha value is -4.92. The number of carbonyl (C=O) groups is 2. The maximum Gasteiger partial charge on any atom is 0.258 e. The van der Waals surface area contributed by atoms with Crippen LogP contribution >= 0.6 is 0 Å². The summed E-state index contributed by atoms with van der Waals surface area (Å²) < 4.78 is 40.0. The Morgan fingerprint density at radius 3 is 2.45 bits per heavy atom. The van der Waals surface area contributed by atoms with E-state index in [4.69, 9.17) is 9.47 Å². The van der Waals surface area contributed by atoms with Gasteiger partial charge in [0.1, 0.15) is 35.3 Å². The number of rotatable bonds is 7. The van der Waals surface area contributed by atoms with Gasteiger partial charge in [0.25, 0.3) is 11.8 Å². The molecule has 216 valence electrons. The molecular weight excluding hydrogens is 540 g/mol. The Morgan fingerprint density at radius 1 is 0.976 bits per heavy atom. The number of hydrogen-bond donors (Lipinski definition) is 2. The number of nitrogens with zero attached hydrogens (tertiary/aromatic N) is 1. The zero-order valence-electron chi connectivity index (χ0n) is 24.0. The molecule has 4 aromatic carbocycles. The van der Waals surface area contributed by atoms with Gasteiger partial charge >= 0.3 is 0 Å². The van der Waals surface area contributed by atoms with Crippen molar-refractivity contribution < 1.29 is 27.8 Å². The van der Waals surface area contributed by atoms with Crippen molar-refractivity contribution in [2.24, 2.45) is 0 Å². The maximum absolute atomic E-state index is 14.2. The minimum atomic E-state index is -0.823. The molecule has 1 aliphatic rings. The van der Waals surface area contributed by atoms with Crippen LogP contribution in [0.15, 0.2) is 72.8 Å². The van der Waals surface area contributed by atoms with E-state index in [1.165, 1.54) is 37.4 Å². The number of likely N-dealkylation sites (N-methyl/N-ethyl adjacent to an activating group) is 1. The number of aryl methyl sites for hydroxylation is 1. The highest BCUT2D eigenvalue weighted by Gasteiger charge is 2.38. The van der Waals surface area contributed by atoms with Crippen molar-refractivity contribution in [3.8, 4) is 22.6 Å². The first-order chi connectivity index (χ1) is 20.0. The fourth-order valence-electron chi connectivity index (χ4n) is 5.14. The van der Waals surface area contributed by atoms with E-state index < -0.39 is 23.1 Å². The molecule has 0 fully saturated rings. The van der Waals surface area contributed by atoms with E-state index in [1.807, 2.05) is 32.9 Å². The number of fused-ring (bicyclic) bond motifs is 1. The second-order valence-electron chi connectivity index (χ2n) is 10.6. The van der Waals surface area contributed by atoms with Gasteiger partial charge in [0.2, 0.25) is 0 Å². The zero-order valence-corrected chi connectivity index (χ0v) is 24.0. The van der Waals surface area contributed by atoms with Crippen molar-refractivity contribution in [3.05, 3.63) is 101 Å². The van der Waals surface area contributed by atoms with E-state index in [0.29, 0.717) is 39.6 Å². The number of amides is 2. The number of hydrogen-bond acceptors (Lipinski definition) is 5. The Kier molecular flexibility index (Phi) is 7.60. The van der Waals surface area contributed by atoms with Crippen LogP contribution in [0, 0.1) is 18.6 Å². The first kappa shape index (κ1) is 28.6. The summed E-state index contributed by atoms with van der Waals surface area (Å²) in [5, 5.41) is 6.03. The Labute approximate surface area is 243 Å². The van der Waals surface area contributed by atoms with Gasteiger partial charge in [-0.1, -0.05) is 24.3 Å². The molecule has 4 aromatic rings. The summed E-state index contributed by atoms with van der Waals surface area (Å²) in [4.78, 5) is 27.6. The molecule has 1 aliphatic heterocycles. The lowest BCUT2D eigenvalue weighted by molar-refractivity contribution is -0.121. The molecule has 0 bridgehead atoms. The summed E-state index contributed by atoms with van der Waals surface area (Å²) in [6.45, 7) is 5.48. The van der Waals surface area contributed by atoms with Gasteiger partial charge in [0.15, 0.2) is 0 Å². The average molecular weight is 572 g/mol. The molecule has 5 rings (SSSR count). The first-order valence-corrected chi connectivity index (χ1v) is 13.4. The summed E-state index contributed by atoms with van der Waals surface area (Å²) >= 11 is 0. The van der Waals surface area contributed by atoms with E-state index >= 15 is 0 Å². The van der Waals surface area contributed by atoms with Crippen molar-refractivity contribution in [1.82, 2.24) is 0 Å². The highest BCUT2D eigenvalue weighted by molar-refractivity contribution is 6.09. The largest absolute Gasteiger partial charge is 0.496 e. The summed E-state index contributed by atoms with van der Waals surface area (Å²) in [5.41, 5.74) is 3.71. The summed E-state index contributed by atoms with van der Waals surface area (Å²) in [7, 11) is 3.22. The van der Waals surface area contributed by atoms with Crippen LogP contribution in [0.5, 0.6) is 11.5 Å². The van der Waals surface area contributed by atoms with Gasteiger partial charge in [-0.3, -0.25) is 9.59 Å². The number of carbonyl (C=O) groups excluding carboxylic acids is 2. The lowest BCUT2D eigenvalue weighted by Crippen LogP contribution is -2.52. The van der Waals surface area contributed by atoms with E-state index in [2.05, 4.69) is 10.6 Å². The van der Waals surface area contributed by atoms with Crippen LogP contribution < -0.4 is 25.0 Å². The number of halogens is 2. The van der Waals surface area contributed by atoms with Gasteiger partial charge in [-0.15, -0.1) is 0 Å². The summed E-state index contributed by atoms with van der Waals surface area (Å²) in [6, 6.07) is 19.0. The van der Waals surface area contributed by atoms with E-state index in [9.17, 15) is 18.4 Å². The zero-order chi connectivity index (χ0) is 30.2. The Bertz CT molecular complexity index is 1700. The fourth-order valence-corrected chi connectivity index (χ4v) is 5.14. The quantitative estimate of drug-likeness (QED) is 0.251. The first-order valence-electron chi connectivity index (χ1n) is 13.4. The van der Waals surface area contributed by atoms with Gasteiger partial charge in [0, 0.05) is 36.0 Å². The SMILES string of the molecule is COc1cc(NC(=O)c2ccccc2F)ccc1-c1ccc2c(c1COc1cc(F)ccc1C)N(C)C(=O)C(C)(C)N2. The standard InChI is InChI=1S/C33H31F2N3O4/c1-19-10-11-20(34)16-28(19)42-18-25-22(14-15-27-30(25)38(4)32(40)33(2,3)37-27)23-13-12-21(17-29(23)41-5)36-31(39)24-8-6-7-9-26(24)35/h6-17,37H,18H2,1-5H3,(H,36,39). The van der Waals surface area contributed by atoms with Crippen LogP contribution in [0.2, 0.25) is 0 Å². The van der Waals surface area contributed by atoms with Gasteiger partial charge in [-0.2, -0.15) is 0 Å². The second-order valence-corrected chi connectivity index (χ2v) is 10.6. The van der Waals surface area contributed by atoms with Crippen LogP contribution in [0.4, 0.5) is 25.8 Å². The van der Waals surface area contributed by atoms with Crippen molar-refractivity contribution in [3.63, 3.8) is 0 Å². The van der Waals surface area contributed by atoms with E-state index in [0.717, 1.165) is 11.3 Å². The minimum absolute atomic E-state index is 0.0253. The lowest BCUT2D eigenvalue weighted by atomic mass is 9.91. The molecule has 0 aromatic heterocycles. The molecule has 1 heterocycles. The lowest BCUT2D eigenvalue weighted by Gasteiger charge is -2.39. The minimum Gasteiger partial charge on any atom is -0.496 e. The normalized spacial score (nSPS) is 13.7. The monoisotopic (exact) mass is 571 g/mol. The van der Waals surface area contributed by atoms with Crippen LogP contribution in [-0.4, -0.2) is 31.5 Å². The van der Waals surface area contributed by atoms with Crippen LogP contribution in [0.1, 0.15) is 35.3 Å². The number of nitrogens with one attached hydrogen (secondary N) is 2. The van der Waals surface area contributed by atoms with Crippen molar-refractivity contribution in [1.29, 1.82) is 0 Å². The van der Waals surface area contributed by atoms with Gasteiger partial charge < -0.3 is 25.0 Å². The number of methoxy groups -OCH3 is 1. The van der Waals surface area contributed by atoms with Crippen molar-refractivity contribution in [2.75, 3.05) is 29.7 Å². The fraction of sp³-hybridized carbons (Fsp3) is 0.212. The number of benzene rings is 4. The molecule has 7 nitrogen and oxygen atoms in total. The van der Waals surface area contributed by atoms with Crippen LogP contribution in [-0.2, 0) is 11.4 Å². The van der Waals surface area contributed by atoms with Crippen molar-refractivity contribution in [2.45, 2.75) is 32.9 Å². The molecule has 0 aliphatic carbocycles. The molecule has 2 N–H and O–H groups in total. The molecule has 0 saturated heterocycles. The van der Waals surface area contributed by atoms with Gasteiger partial charge in [-0.05, 0) is 68.3 Å². The van der Waals surface area contributed by atoms with Crippen LogP contribution in [0.3, 0.4) is 0 Å². The maximum atomic E-state index is 14.2. The smallest absolute Gasteiger partial charge is 0.258 e. The molecular formula is C33H31F2N3O4. The third-order valence-electron chi connectivity index (χ3n) is 7.29. The van der Waals surface area contributed by atoms with Crippen LogP contribution in [0.25, 0.3) is 11.1 Å². The molecule has 0 spiro atoms. The third-order valence-corrected chi connectivity index (χ3v) is 7.29. The van der Waals surface area contributed by atoms with Gasteiger partial charge in [0.05, 0.1) is 24.0 Å². The van der Waals surface area contributed by atoms with E-state index in [1.54, 1.807) is 42.3 Å². The Morgan fingerprint density at radius 2 is 1.71 bits per heavy atom. The van der Waals surface area contributed by atoms with Crippen molar-refractivity contribution >= 4 is 28.9 Å².